The molecule has 3 nitrogen and oxygen atoms in total. The minimum atomic E-state index is -0.367. The number of nitrogens with one attached hydrogen (secondary N) is 1. The van der Waals surface area contributed by atoms with E-state index >= 15 is 0 Å². The molecule has 3 N–H and O–H groups in total. The fraction of sp³-hybridized carbons (Fsp3) is 0.0714. The lowest BCUT2D eigenvalue weighted by Crippen LogP contribution is -2.13. The van der Waals surface area contributed by atoms with Crippen LogP contribution in [-0.2, 0) is 0 Å². The highest BCUT2D eigenvalue weighted by molar-refractivity contribution is 9.10. The first-order chi connectivity index (χ1) is 9.38. The van der Waals surface area contributed by atoms with Gasteiger partial charge < -0.3 is 11.1 Å². The van der Waals surface area contributed by atoms with E-state index in [0.29, 0.717) is 11.4 Å². The van der Waals surface area contributed by atoms with Gasteiger partial charge in [0.15, 0.2) is 0 Å². The van der Waals surface area contributed by atoms with Crippen molar-refractivity contribution in [2.75, 3.05) is 11.1 Å². The Morgan fingerprint density at radius 3 is 2.60 bits per heavy atom. The third-order valence-electron chi connectivity index (χ3n) is 2.67. The van der Waals surface area contributed by atoms with Gasteiger partial charge >= 0.3 is 0 Å². The SMILES string of the molecule is Cc1ccc(NC(=O)c2cc(N)cc(Cl)c2Cl)c(Br)c1. The Balaban J connectivity index is 2.33. The number of aryl methyl sites for hydroxylation is 1. The predicted octanol–water partition coefficient (Wildman–Crippen LogP) is 4.90. The highest BCUT2D eigenvalue weighted by Crippen LogP contribution is 2.30. The summed E-state index contributed by atoms with van der Waals surface area (Å²) in [5.41, 5.74) is 8.03. The van der Waals surface area contributed by atoms with E-state index in [1.165, 1.54) is 12.1 Å². The molecule has 0 bridgehead atoms. The molecule has 0 aliphatic carbocycles. The molecule has 0 atom stereocenters. The monoisotopic (exact) mass is 372 g/mol. The van der Waals surface area contributed by atoms with E-state index in [2.05, 4.69) is 21.2 Å². The van der Waals surface area contributed by atoms with Gasteiger partial charge in [-0.15, -0.1) is 0 Å². The average molecular weight is 374 g/mol. The minimum Gasteiger partial charge on any atom is -0.399 e. The highest BCUT2D eigenvalue weighted by Gasteiger charge is 2.15. The predicted molar refractivity (Wildman–Crippen MR) is 87.7 cm³/mol. The van der Waals surface area contributed by atoms with Gasteiger partial charge in [-0.2, -0.15) is 0 Å². The van der Waals surface area contributed by atoms with Gasteiger partial charge in [0.2, 0.25) is 0 Å². The maximum absolute atomic E-state index is 12.2. The number of rotatable bonds is 2. The molecule has 0 fully saturated rings. The van der Waals surface area contributed by atoms with Crippen LogP contribution in [-0.4, -0.2) is 5.91 Å². The first-order valence-corrected chi connectivity index (χ1v) is 7.25. The lowest BCUT2D eigenvalue weighted by atomic mass is 10.1. The number of carbonyl (C=O) groups excluding carboxylic acids is 1. The van der Waals surface area contributed by atoms with Gasteiger partial charge in [0, 0.05) is 10.2 Å². The molecule has 2 rings (SSSR count). The molecule has 0 aliphatic heterocycles. The van der Waals surface area contributed by atoms with Crippen LogP contribution in [0.1, 0.15) is 15.9 Å². The van der Waals surface area contributed by atoms with Gasteiger partial charge in [-0.05, 0) is 52.7 Å². The second-order valence-corrected chi connectivity index (χ2v) is 5.94. The summed E-state index contributed by atoms with van der Waals surface area (Å²) in [6.45, 7) is 1.96. The quantitative estimate of drug-likeness (QED) is 0.735. The average Bonchev–Trinajstić information content (AvgIpc) is 2.37. The number of nitrogens with two attached hydrogens (primary N) is 1. The third-order valence-corrected chi connectivity index (χ3v) is 4.13. The maximum Gasteiger partial charge on any atom is 0.257 e. The topological polar surface area (TPSA) is 55.1 Å². The van der Waals surface area contributed by atoms with Crippen LogP contribution in [0.25, 0.3) is 0 Å². The summed E-state index contributed by atoms with van der Waals surface area (Å²) in [4.78, 5) is 12.2. The molecule has 104 valence electrons. The van der Waals surface area contributed by atoms with Gasteiger partial charge in [-0.25, -0.2) is 0 Å². The number of hydrogen-bond donors (Lipinski definition) is 2. The molecule has 0 aliphatic rings. The van der Waals surface area contributed by atoms with E-state index in [0.717, 1.165) is 10.0 Å². The largest absolute Gasteiger partial charge is 0.399 e. The van der Waals surface area contributed by atoms with E-state index < -0.39 is 0 Å². The van der Waals surface area contributed by atoms with Gasteiger partial charge in [0.05, 0.1) is 21.3 Å². The Morgan fingerprint density at radius 2 is 1.95 bits per heavy atom. The number of halogens is 3. The van der Waals surface area contributed by atoms with Crippen LogP contribution in [0.3, 0.4) is 0 Å². The van der Waals surface area contributed by atoms with E-state index in [9.17, 15) is 4.79 Å². The summed E-state index contributed by atoms with van der Waals surface area (Å²) in [5.74, 6) is -0.367. The Labute approximate surface area is 135 Å². The molecule has 2 aromatic carbocycles. The first kappa shape index (κ1) is 15.2. The minimum absolute atomic E-state index is 0.182. The Morgan fingerprint density at radius 1 is 1.25 bits per heavy atom. The summed E-state index contributed by atoms with van der Waals surface area (Å²) >= 11 is 15.3. The Bertz CT molecular complexity index is 689. The summed E-state index contributed by atoms with van der Waals surface area (Å²) in [6.07, 6.45) is 0. The summed E-state index contributed by atoms with van der Waals surface area (Å²) in [7, 11) is 0. The van der Waals surface area contributed by atoms with E-state index in [1.807, 2.05) is 19.1 Å². The smallest absolute Gasteiger partial charge is 0.257 e. The van der Waals surface area contributed by atoms with Crippen LogP contribution < -0.4 is 11.1 Å². The number of carbonyl (C=O) groups is 1. The Hall–Kier alpha value is -1.23. The standard InChI is InChI=1S/C14H11BrCl2N2O/c1-7-2-3-12(10(15)4-7)19-14(20)9-5-8(18)6-11(16)13(9)17/h2-6H,18H2,1H3,(H,19,20). The molecular weight excluding hydrogens is 363 g/mol. The Kier molecular flexibility index (Phi) is 4.58. The van der Waals surface area contributed by atoms with E-state index in [4.69, 9.17) is 28.9 Å². The van der Waals surface area contributed by atoms with Crippen molar-refractivity contribution in [2.45, 2.75) is 6.92 Å². The van der Waals surface area contributed by atoms with Crippen LogP contribution in [0.15, 0.2) is 34.8 Å². The number of benzene rings is 2. The third kappa shape index (κ3) is 3.26. The van der Waals surface area contributed by atoms with E-state index in [1.54, 1.807) is 6.07 Å². The summed E-state index contributed by atoms with van der Waals surface area (Å²) < 4.78 is 0.789. The number of amides is 1. The van der Waals surface area contributed by atoms with Crippen LogP contribution >= 0.6 is 39.1 Å². The summed E-state index contributed by atoms with van der Waals surface area (Å²) in [5, 5.41) is 3.20. The molecule has 2 aromatic rings. The van der Waals surface area contributed by atoms with E-state index in [-0.39, 0.29) is 21.5 Å². The molecule has 20 heavy (non-hydrogen) atoms. The fourth-order valence-corrected chi connectivity index (χ4v) is 2.70. The lowest BCUT2D eigenvalue weighted by Gasteiger charge is -2.10. The number of hydrogen-bond acceptors (Lipinski definition) is 2. The number of anilines is 2. The first-order valence-electron chi connectivity index (χ1n) is 5.70. The second-order valence-electron chi connectivity index (χ2n) is 4.30. The highest BCUT2D eigenvalue weighted by atomic mass is 79.9. The molecule has 0 spiro atoms. The van der Waals surface area contributed by atoms with Crippen LogP contribution in [0.2, 0.25) is 10.0 Å². The van der Waals surface area contributed by atoms with Crippen molar-refractivity contribution < 1.29 is 4.79 Å². The van der Waals surface area contributed by atoms with Gasteiger partial charge in [0.1, 0.15) is 0 Å². The molecule has 0 saturated heterocycles. The fourth-order valence-electron chi connectivity index (χ4n) is 1.69. The lowest BCUT2D eigenvalue weighted by molar-refractivity contribution is 0.102. The van der Waals surface area contributed by atoms with Gasteiger partial charge in [0.25, 0.3) is 5.91 Å². The molecule has 0 heterocycles. The van der Waals surface area contributed by atoms with Crippen LogP contribution in [0.5, 0.6) is 0 Å². The maximum atomic E-state index is 12.2. The molecule has 6 heteroatoms. The molecule has 0 aromatic heterocycles. The summed E-state index contributed by atoms with van der Waals surface area (Å²) in [6, 6.07) is 8.60. The van der Waals surface area contributed by atoms with Crippen molar-refractivity contribution in [1.82, 2.24) is 0 Å². The zero-order chi connectivity index (χ0) is 14.9. The van der Waals surface area contributed by atoms with Crippen molar-refractivity contribution in [2.24, 2.45) is 0 Å². The normalized spacial score (nSPS) is 10.4. The van der Waals surface area contributed by atoms with Crippen molar-refractivity contribution in [3.8, 4) is 0 Å². The van der Waals surface area contributed by atoms with Crippen molar-refractivity contribution in [1.29, 1.82) is 0 Å². The van der Waals surface area contributed by atoms with Crippen molar-refractivity contribution >= 4 is 56.4 Å². The van der Waals surface area contributed by atoms with Crippen molar-refractivity contribution in [3.63, 3.8) is 0 Å². The van der Waals surface area contributed by atoms with Gasteiger partial charge in [-0.1, -0.05) is 29.3 Å². The molecule has 0 saturated carbocycles. The second kappa shape index (κ2) is 6.04. The zero-order valence-electron chi connectivity index (χ0n) is 10.5. The zero-order valence-corrected chi connectivity index (χ0v) is 13.6. The van der Waals surface area contributed by atoms with Gasteiger partial charge in [-0.3, -0.25) is 4.79 Å². The van der Waals surface area contributed by atoms with Crippen LogP contribution in [0.4, 0.5) is 11.4 Å². The number of nitrogen functional groups attached to an aromatic ring is 1. The molecule has 0 unspecified atom stereocenters. The molecule has 0 radical (unpaired) electrons. The van der Waals surface area contributed by atoms with Crippen LogP contribution in [0, 0.1) is 6.92 Å². The van der Waals surface area contributed by atoms with Crippen molar-refractivity contribution in [3.05, 3.63) is 56.0 Å². The molecule has 1 amide bonds. The molecular formula is C14H11BrCl2N2O.